The molecule has 2 nitrogen and oxygen atoms in total. The summed E-state index contributed by atoms with van der Waals surface area (Å²) in [5.74, 6) is -0.163. The zero-order valence-corrected chi connectivity index (χ0v) is 11.2. The molecule has 18 heavy (non-hydrogen) atoms. The molecule has 1 saturated heterocycles. The van der Waals surface area contributed by atoms with Gasteiger partial charge in [-0.15, -0.1) is 0 Å². The molecule has 0 radical (unpaired) electrons. The van der Waals surface area contributed by atoms with Gasteiger partial charge in [0.1, 0.15) is 5.82 Å². The molecule has 1 heterocycles. The Hall–Kier alpha value is -0.930. The van der Waals surface area contributed by atoms with Gasteiger partial charge in [-0.05, 0) is 56.1 Å². The molecular weight excluding hydrogens is 227 g/mol. The van der Waals surface area contributed by atoms with Crippen molar-refractivity contribution in [2.45, 2.75) is 38.6 Å². The molecule has 1 unspecified atom stereocenters. The number of halogens is 1. The van der Waals surface area contributed by atoms with Crippen molar-refractivity contribution in [3.8, 4) is 0 Å². The molecule has 1 aromatic carbocycles. The van der Waals surface area contributed by atoms with Crippen LogP contribution in [0.5, 0.6) is 0 Å². The van der Waals surface area contributed by atoms with Gasteiger partial charge in [-0.1, -0.05) is 18.9 Å². The lowest BCUT2D eigenvalue weighted by molar-refractivity contribution is 0.209. The molecule has 3 heteroatoms. The second-order valence-corrected chi connectivity index (χ2v) is 5.20. The Bertz CT molecular complexity index is 384. The molecule has 1 aromatic rings. The van der Waals surface area contributed by atoms with Gasteiger partial charge >= 0.3 is 0 Å². The van der Waals surface area contributed by atoms with E-state index >= 15 is 0 Å². The molecule has 0 aromatic heterocycles. The number of benzene rings is 1. The van der Waals surface area contributed by atoms with Crippen LogP contribution in [-0.2, 0) is 0 Å². The van der Waals surface area contributed by atoms with E-state index < -0.39 is 0 Å². The number of likely N-dealkylation sites (tertiary alicyclic amines) is 1. The van der Waals surface area contributed by atoms with Crippen LogP contribution in [0.4, 0.5) is 4.39 Å². The number of nitrogens with zero attached hydrogens (tertiary/aromatic N) is 1. The molecule has 1 aliphatic rings. The van der Waals surface area contributed by atoms with Crippen molar-refractivity contribution in [1.29, 1.82) is 0 Å². The van der Waals surface area contributed by atoms with Crippen LogP contribution in [0.3, 0.4) is 0 Å². The molecule has 2 rings (SSSR count). The highest BCUT2D eigenvalue weighted by atomic mass is 19.1. The van der Waals surface area contributed by atoms with E-state index in [1.807, 2.05) is 13.0 Å². The largest absolute Gasteiger partial charge is 0.329 e. The molecule has 0 amide bonds. The van der Waals surface area contributed by atoms with E-state index in [4.69, 9.17) is 5.73 Å². The Balaban J connectivity index is 2.23. The Morgan fingerprint density at radius 3 is 2.50 bits per heavy atom. The van der Waals surface area contributed by atoms with E-state index in [1.54, 1.807) is 6.07 Å². The van der Waals surface area contributed by atoms with Crippen LogP contribution in [0.2, 0.25) is 0 Å². The van der Waals surface area contributed by atoms with E-state index in [0.717, 1.165) is 24.2 Å². The van der Waals surface area contributed by atoms with Crippen molar-refractivity contribution in [3.63, 3.8) is 0 Å². The van der Waals surface area contributed by atoms with Crippen LogP contribution < -0.4 is 5.73 Å². The third kappa shape index (κ3) is 3.09. The maximum absolute atomic E-state index is 13.4. The van der Waals surface area contributed by atoms with Gasteiger partial charge in [0.15, 0.2) is 0 Å². The van der Waals surface area contributed by atoms with E-state index in [2.05, 4.69) is 4.90 Å². The molecule has 0 aliphatic carbocycles. The monoisotopic (exact) mass is 250 g/mol. The van der Waals surface area contributed by atoms with Gasteiger partial charge in [0, 0.05) is 12.6 Å². The van der Waals surface area contributed by atoms with Crippen LogP contribution in [0.15, 0.2) is 18.2 Å². The van der Waals surface area contributed by atoms with Gasteiger partial charge in [0.05, 0.1) is 0 Å². The number of rotatable bonds is 3. The van der Waals surface area contributed by atoms with Crippen molar-refractivity contribution in [3.05, 3.63) is 35.1 Å². The topological polar surface area (TPSA) is 29.3 Å². The van der Waals surface area contributed by atoms with Gasteiger partial charge in [0.2, 0.25) is 0 Å². The summed E-state index contributed by atoms with van der Waals surface area (Å²) in [6.07, 6.45) is 5.06. The summed E-state index contributed by atoms with van der Waals surface area (Å²) in [5.41, 5.74) is 8.13. The highest BCUT2D eigenvalue weighted by Gasteiger charge is 2.21. The third-order valence-electron chi connectivity index (χ3n) is 3.90. The molecule has 1 fully saturated rings. The summed E-state index contributed by atoms with van der Waals surface area (Å²) in [7, 11) is 0. The van der Waals surface area contributed by atoms with Crippen molar-refractivity contribution in [2.24, 2.45) is 5.73 Å². The quantitative estimate of drug-likeness (QED) is 0.893. The molecule has 100 valence electrons. The van der Waals surface area contributed by atoms with Crippen molar-refractivity contribution < 1.29 is 4.39 Å². The second kappa shape index (κ2) is 6.30. The predicted molar refractivity (Wildman–Crippen MR) is 73.0 cm³/mol. The van der Waals surface area contributed by atoms with Gasteiger partial charge in [-0.25, -0.2) is 4.39 Å². The summed E-state index contributed by atoms with van der Waals surface area (Å²) >= 11 is 0. The minimum atomic E-state index is -0.163. The molecule has 0 saturated carbocycles. The van der Waals surface area contributed by atoms with E-state index in [-0.39, 0.29) is 11.9 Å². The standard InChI is InChI=1S/C15H23FN2/c1-12-6-7-13(16)10-14(12)15(11-17)18-8-4-2-3-5-9-18/h6-7,10,15H,2-5,8-9,11,17H2,1H3. The van der Waals surface area contributed by atoms with Crippen LogP contribution in [0.1, 0.15) is 42.9 Å². The molecule has 0 spiro atoms. The van der Waals surface area contributed by atoms with E-state index in [1.165, 1.54) is 31.7 Å². The summed E-state index contributed by atoms with van der Waals surface area (Å²) in [4.78, 5) is 2.43. The zero-order chi connectivity index (χ0) is 13.0. The number of nitrogens with two attached hydrogens (primary N) is 1. The zero-order valence-electron chi connectivity index (χ0n) is 11.2. The lowest BCUT2D eigenvalue weighted by Crippen LogP contribution is -2.35. The van der Waals surface area contributed by atoms with Crippen LogP contribution in [0.25, 0.3) is 0 Å². The molecule has 1 aliphatic heterocycles. The fraction of sp³-hybridized carbons (Fsp3) is 0.600. The minimum absolute atomic E-state index is 0.163. The Kier molecular flexibility index (Phi) is 4.72. The maximum atomic E-state index is 13.4. The Labute approximate surface area is 109 Å². The first-order chi connectivity index (χ1) is 8.72. The molecule has 1 atom stereocenters. The fourth-order valence-corrected chi connectivity index (χ4v) is 2.85. The van der Waals surface area contributed by atoms with E-state index in [9.17, 15) is 4.39 Å². The Morgan fingerprint density at radius 2 is 1.89 bits per heavy atom. The van der Waals surface area contributed by atoms with Crippen molar-refractivity contribution >= 4 is 0 Å². The first-order valence-corrected chi connectivity index (χ1v) is 6.92. The van der Waals surface area contributed by atoms with Gasteiger partial charge in [-0.2, -0.15) is 0 Å². The van der Waals surface area contributed by atoms with Gasteiger partial charge in [0.25, 0.3) is 0 Å². The van der Waals surface area contributed by atoms with Gasteiger partial charge < -0.3 is 5.73 Å². The lowest BCUT2D eigenvalue weighted by atomic mass is 9.99. The van der Waals surface area contributed by atoms with Crippen molar-refractivity contribution in [1.82, 2.24) is 4.90 Å². The minimum Gasteiger partial charge on any atom is -0.329 e. The van der Waals surface area contributed by atoms with E-state index in [0.29, 0.717) is 6.54 Å². The average Bonchev–Trinajstić information content (AvgIpc) is 2.64. The predicted octanol–water partition coefficient (Wildman–Crippen LogP) is 3.01. The lowest BCUT2D eigenvalue weighted by Gasteiger charge is -2.31. The van der Waals surface area contributed by atoms with Crippen molar-refractivity contribution in [2.75, 3.05) is 19.6 Å². The van der Waals surface area contributed by atoms with Crippen LogP contribution in [0, 0.1) is 12.7 Å². The summed E-state index contributed by atoms with van der Waals surface area (Å²) in [5, 5.41) is 0. The number of hydrogen-bond acceptors (Lipinski definition) is 2. The fourth-order valence-electron chi connectivity index (χ4n) is 2.85. The van der Waals surface area contributed by atoms with Crippen LogP contribution in [-0.4, -0.2) is 24.5 Å². The first-order valence-electron chi connectivity index (χ1n) is 6.92. The molecular formula is C15H23FN2. The highest BCUT2D eigenvalue weighted by molar-refractivity contribution is 5.30. The Morgan fingerprint density at radius 1 is 1.22 bits per heavy atom. The SMILES string of the molecule is Cc1ccc(F)cc1C(CN)N1CCCCCC1. The summed E-state index contributed by atoms with van der Waals surface area (Å²) in [6, 6.07) is 5.19. The number of aryl methyl sites for hydroxylation is 1. The average molecular weight is 250 g/mol. The first kappa shape index (κ1) is 13.5. The second-order valence-electron chi connectivity index (χ2n) is 5.20. The van der Waals surface area contributed by atoms with Crippen LogP contribution >= 0.6 is 0 Å². The summed E-state index contributed by atoms with van der Waals surface area (Å²) < 4.78 is 13.4. The highest BCUT2D eigenvalue weighted by Crippen LogP contribution is 2.26. The number of hydrogen-bond donors (Lipinski definition) is 1. The third-order valence-corrected chi connectivity index (χ3v) is 3.90. The maximum Gasteiger partial charge on any atom is 0.123 e. The normalized spacial score (nSPS) is 19.5. The summed E-state index contributed by atoms with van der Waals surface area (Å²) in [6.45, 7) is 4.76. The van der Waals surface area contributed by atoms with Gasteiger partial charge in [-0.3, -0.25) is 4.90 Å². The molecule has 2 N–H and O–H groups in total. The molecule has 0 bridgehead atoms. The smallest absolute Gasteiger partial charge is 0.123 e.